The number of amides is 1. The summed E-state index contributed by atoms with van der Waals surface area (Å²) in [7, 11) is -3.71. The van der Waals surface area contributed by atoms with Crippen LogP contribution in [0.5, 0.6) is 0 Å². The molecule has 0 bridgehead atoms. The summed E-state index contributed by atoms with van der Waals surface area (Å²) in [5, 5.41) is 3.01. The lowest BCUT2D eigenvalue weighted by Gasteiger charge is -2.23. The summed E-state index contributed by atoms with van der Waals surface area (Å²) in [4.78, 5) is 16.3. The number of nitrogens with zero attached hydrogens (tertiary/aromatic N) is 2. The Hall–Kier alpha value is -2.82. The van der Waals surface area contributed by atoms with Gasteiger partial charge in [0.05, 0.1) is 46.3 Å². The summed E-state index contributed by atoms with van der Waals surface area (Å²) in [6.07, 6.45) is -2.46. The summed E-state index contributed by atoms with van der Waals surface area (Å²) in [6, 6.07) is 12.3. The van der Waals surface area contributed by atoms with Gasteiger partial charge in [0, 0.05) is 11.8 Å². The van der Waals surface area contributed by atoms with Gasteiger partial charge in [-0.3, -0.25) is 14.1 Å². The van der Waals surface area contributed by atoms with Gasteiger partial charge in [-0.25, -0.2) is 8.42 Å². The lowest BCUT2D eigenvalue weighted by atomic mass is 10.1. The van der Waals surface area contributed by atoms with Gasteiger partial charge in [0.1, 0.15) is 0 Å². The van der Waals surface area contributed by atoms with Crippen LogP contribution in [0.25, 0.3) is 0 Å². The number of alkyl halides is 3. The lowest BCUT2D eigenvalue weighted by molar-refractivity contribution is -0.137. The average molecular weight is 532 g/mol. The molecule has 0 saturated heterocycles. The molecule has 3 rings (SSSR count). The summed E-state index contributed by atoms with van der Waals surface area (Å²) in [5.41, 5.74) is 0.146. The number of hydrogen-bond donors (Lipinski definition) is 1. The van der Waals surface area contributed by atoms with E-state index in [1.807, 2.05) is 0 Å². The predicted molar refractivity (Wildman–Crippen MR) is 124 cm³/mol. The summed E-state index contributed by atoms with van der Waals surface area (Å²) >= 11 is 12.2. The molecule has 0 saturated carbocycles. The minimum absolute atomic E-state index is 0.0430. The maximum Gasteiger partial charge on any atom is 0.416 e. The molecule has 1 amide bonds. The number of hydrogen-bond acceptors (Lipinski definition) is 4. The van der Waals surface area contributed by atoms with E-state index in [1.165, 1.54) is 24.3 Å². The van der Waals surface area contributed by atoms with Gasteiger partial charge in [-0.15, -0.1) is 0 Å². The molecule has 0 radical (unpaired) electrons. The van der Waals surface area contributed by atoms with Crippen LogP contribution in [0.4, 0.5) is 18.9 Å². The third kappa shape index (κ3) is 6.40. The lowest BCUT2D eigenvalue weighted by Crippen LogP contribution is -2.29. The first-order valence-corrected chi connectivity index (χ1v) is 12.3. The second-order valence-corrected chi connectivity index (χ2v) is 9.94. The van der Waals surface area contributed by atoms with E-state index in [1.54, 1.807) is 18.2 Å². The summed E-state index contributed by atoms with van der Waals surface area (Å²) < 4.78 is 64.4. The molecule has 6 nitrogen and oxygen atoms in total. The van der Waals surface area contributed by atoms with E-state index in [4.69, 9.17) is 23.2 Å². The number of anilines is 1. The Morgan fingerprint density at radius 1 is 1.09 bits per heavy atom. The predicted octanol–water partition coefficient (Wildman–Crippen LogP) is 5.30. The average Bonchev–Trinajstić information content (AvgIpc) is 2.77. The zero-order valence-electron chi connectivity index (χ0n) is 17.6. The van der Waals surface area contributed by atoms with Gasteiger partial charge in [-0.1, -0.05) is 35.3 Å². The van der Waals surface area contributed by atoms with Crippen LogP contribution in [0.1, 0.15) is 27.2 Å². The van der Waals surface area contributed by atoms with E-state index in [9.17, 15) is 26.4 Å². The number of pyridine rings is 1. The second kappa shape index (κ2) is 10.2. The molecule has 0 spiro atoms. The topological polar surface area (TPSA) is 79.4 Å². The molecule has 1 heterocycles. The van der Waals surface area contributed by atoms with Crippen LogP contribution in [-0.4, -0.2) is 25.6 Å². The molecule has 34 heavy (non-hydrogen) atoms. The summed E-state index contributed by atoms with van der Waals surface area (Å²) in [5.74, 6) is -0.561. The van der Waals surface area contributed by atoms with Gasteiger partial charge in [0.25, 0.3) is 5.91 Å². The molecular formula is C22H18Cl2F3N3O3S. The highest BCUT2D eigenvalue weighted by atomic mass is 35.5. The largest absolute Gasteiger partial charge is 0.416 e. The molecule has 0 aliphatic heterocycles. The van der Waals surface area contributed by atoms with E-state index in [2.05, 4.69) is 10.3 Å². The number of benzene rings is 2. The van der Waals surface area contributed by atoms with E-state index >= 15 is 0 Å². The first-order valence-electron chi connectivity index (χ1n) is 9.67. The van der Waals surface area contributed by atoms with Crippen molar-refractivity contribution in [1.29, 1.82) is 0 Å². The number of halogens is 5. The van der Waals surface area contributed by atoms with Crippen LogP contribution in [0.3, 0.4) is 0 Å². The highest BCUT2D eigenvalue weighted by Gasteiger charge is 2.30. The Kier molecular flexibility index (Phi) is 7.74. The Morgan fingerprint density at radius 3 is 2.38 bits per heavy atom. The quantitative estimate of drug-likeness (QED) is 0.448. The number of carbonyl (C=O) groups is 1. The van der Waals surface area contributed by atoms with Crippen molar-refractivity contribution in [1.82, 2.24) is 10.3 Å². The van der Waals surface area contributed by atoms with Gasteiger partial charge in [-0.2, -0.15) is 13.2 Å². The number of sulfonamides is 1. The third-order valence-corrected chi connectivity index (χ3v) is 6.74. The first-order chi connectivity index (χ1) is 15.9. The Labute approximate surface area is 204 Å². The molecular weight excluding hydrogens is 514 g/mol. The highest BCUT2D eigenvalue weighted by molar-refractivity contribution is 7.92. The van der Waals surface area contributed by atoms with Crippen molar-refractivity contribution in [2.24, 2.45) is 0 Å². The second-order valence-electron chi connectivity index (χ2n) is 7.25. The van der Waals surface area contributed by atoms with Crippen molar-refractivity contribution < 1.29 is 26.4 Å². The van der Waals surface area contributed by atoms with Gasteiger partial charge >= 0.3 is 6.18 Å². The van der Waals surface area contributed by atoms with Gasteiger partial charge in [-0.05, 0) is 48.0 Å². The fourth-order valence-corrected chi connectivity index (χ4v) is 4.29. The number of carbonyl (C=O) groups excluding carboxylic acids is 1. The number of nitrogens with one attached hydrogen (secondary N) is 1. The van der Waals surface area contributed by atoms with Crippen LogP contribution in [0.2, 0.25) is 10.0 Å². The highest BCUT2D eigenvalue weighted by Crippen LogP contribution is 2.30. The molecule has 0 unspecified atom stereocenters. The molecule has 1 N–H and O–H groups in total. The molecule has 0 fully saturated rings. The molecule has 0 atom stereocenters. The van der Waals surface area contributed by atoms with Crippen molar-refractivity contribution in [3.05, 3.63) is 93.2 Å². The molecule has 2 aromatic carbocycles. The van der Waals surface area contributed by atoms with Gasteiger partial charge in [0.2, 0.25) is 10.0 Å². The normalized spacial score (nSPS) is 11.8. The molecule has 0 aliphatic carbocycles. The molecule has 180 valence electrons. The maximum absolute atomic E-state index is 12.8. The van der Waals surface area contributed by atoms with Crippen LogP contribution in [0.15, 0.2) is 60.8 Å². The Balaban J connectivity index is 1.74. The zero-order chi connectivity index (χ0) is 25.1. The van der Waals surface area contributed by atoms with E-state index in [0.29, 0.717) is 5.56 Å². The monoisotopic (exact) mass is 531 g/mol. The Bertz CT molecular complexity index is 1300. The summed E-state index contributed by atoms with van der Waals surface area (Å²) in [6.45, 7) is -0.293. The first kappa shape index (κ1) is 25.8. The van der Waals surface area contributed by atoms with E-state index in [0.717, 1.165) is 28.9 Å². The molecule has 1 aromatic heterocycles. The third-order valence-electron chi connectivity index (χ3n) is 4.74. The SMILES string of the molecule is CS(=O)(=O)N(Cc1cccc(Cl)c1Cl)c1ccc(C(=O)NCc2cc(C(F)(F)F)ccn2)cc1. The number of aromatic nitrogens is 1. The Morgan fingerprint density at radius 2 is 1.76 bits per heavy atom. The van der Waals surface area contributed by atoms with E-state index < -0.39 is 27.7 Å². The van der Waals surface area contributed by atoms with Crippen LogP contribution in [0, 0.1) is 0 Å². The molecule has 3 aromatic rings. The molecule has 0 aliphatic rings. The minimum Gasteiger partial charge on any atom is -0.346 e. The van der Waals surface area contributed by atoms with Crippen molar-refractivity contribution in [3.63, 3.8) is 0 Å². The zero-order valence-corrected chi connectivity index (χ0v) is 19.9. The van der Waals surface area contributed by atoms with Gasteiger partial charge in [0.15, 0.2) is 0 Å². The smallest absolute Gasteiger partial charge is 0.346 e. The van der Waals surface area contributed by atoms with Gasteiger partial charge < -0.3 is 5.32 Å². The van der Waals surface area contributed by atoms with Crippen molar-refractivity contribution >= 4 is 44.8 Å². The van der Waals surface area contributed by atoms with Crippen molar-refractivity contribution in [2.75, 3.05) is 10.6 Å². The van der Waals surface area contributed by atoms with Crippen molar-refractivity contribution in [2.45, 2.75) is 19.3 Å². The maximum atomic E-state index is 12.8. The fourth-order valence-electron chi connectivity index (χ4n) is 3.03. The van der Waals surface area contributed by atoms with Crippen LogP contribution >= 0.6 is 23.2 Å². The van der Waals surface area contributed by atoms with Crippen molar-refractivity contribution in [3.8, 4) is 0 Å². The minimum atomic E-state index is -4.52. The van der Waals surface area contributed by atoms with Crippen LogP contribution < -0.4 is 9.62 Å². The molecule has 12 heteroatoms. The van der Waals surface area contributed by atoms with Crippen LogP contribution in [-0.2, 0) is 29.3 Å². The number of rotatable bonds is 7. The fraction of sp³-hybridized carbons (Fsp3) is 0.182. The standard InChI is InChI=1S/C22H18Cl2F3N3O3S/c1-34(32,33)30(13-15-3-2-4-19(23)20(15)24)18-7-5-14(6-8-18)21(31)29-12-17-11-16(9-10-28-17)22(25,26)27/h2-11H,12-13H2,1H3,(H,29,31). The van der Waals surface area contributed by atoms with E-state index in [-0.39, 0.29) is 40.1 Å².